The molecule has 0 amide bonds. The van der Waals surface area contributed by atoms with Crippen molar-refractivity contribution >= 4 is 59.7 Å². The van der Waals surface area contributed by atoms with Gasteiger partial charge in [-0.15, -0.1) is 0 Å². The molecule has 1 atom stereocenters. The van der Waals surface area contributed by atoms with Crippen LogP contribution in [0, 0.1) is 0 Å². The zero-order valence-electron chi connectivity index (χ0n) is 23.6. The average Bonchev–Trinajstić information content (AvgIpc) is 2.96. The number of hydrogen-bond acceptors (Lipinski definition) is 6. The van der Waals surface area contributed by atoms with Gasteiger partial charge in [-0.25, -0.2) is 19.9 Å². The highest BCUT2D eigenvalue weighted by Crippen LogP contribution is 2.26. The summed E-state index contributed by atoms with van der Waals surface area (Å²) < 4.78 is 1.20. The van der Waals surface area contributed by atoms with Crippen molar-refractivity contribution in [2.24, 2.45) is 0 Å². The molecule has 6 nitrogen and oxygen atoms in total. The molecule has 0 bridgehead atoms. The first-order valence-corrected chi connectivity index (χ1v) is 16.1. The van der Waals surface area contributed by atoms with Crippen molar-refractivity contribution in [1.82, 2.24) is 19.9 Å². The van der Waals surface area contributed by atoms with Gasteiger partial charge in [-0.3, -0.25) is 4.79 Å². The van der Waals surface area contributed by atoms with Crippen molar-refractivity contribution in [1.29, 1.82) is 0 Å². The Morgan fingerprint density at radius 1 is 0.667 bits per heavy atom. The number of fused-ring (bicyclic) bond motifs is 2. The Morgan fingerprint density at radius 3 is 1.67 bits per heavy atom. The highest BCUT2D eigenvalue weighted by molar-refractivity contribution is 9.10. The first-order chi connectivity index (χ1) is 19.4. The van der Waals surface area contributed by atoms with Crippen molar-refractivity contribution in [3.63, 3.8) is 0 Å². The van der Waals surface area contributed by atoms with Crippen LogP contribution in [0.2, 0.25) is 0 Å². The monoisotopic (exact) mass is 702 g/mol. The molecule has 2 aromatic carbocycles. The first-order valence-electron chi connectivity index (χ1n) is 14.5. The number of Topliss-reactive ketones (excluding diaryl/α,β-unsaturated/α-hetero) is 1. The quantitative estimate of drug-likeness (QED) is 0.104. The molecule has 4 aromatic rings. The van der Waals surface area contributed by atoms with Crippen molar-refractivity contribution in [3.8, 4) is 0 Å². The van der Waals surface area contributed by atoms with E-state index >= 15 is 0 Å². The number of benzene rings is 2. The molecule has 0 aliphatic heterocycles. The van der Waals surface area contributed by atoms with Crippen LogP contribution in [-0.2, 0) is 0 Å². The maximum atomic E-state index is 12.2. The third-order valence-corrected chi connectivity index (χ3v) is 7.89. The predicted molar refractivity (Wildman–Crippen MR) is 184 cm³/mol. The van der Waals surface area contributed by atoms with E-state index < -0.39 is 6.10 Å². The molecule has 230 valence electrons. The Hall–Kier alpha value is -2.29. The number of ketones is 1. The zero-order chi connectivity index (χ0) is 28.7. The summed E-state index contributed by atoms with van der Waals surface area (Å²) in [4.78, 5) is 30.0. The van der Waals surface area contributed by atoms with Gasteiger partial charge in [0.2, 0.25) is 0 Å². The van der Waals surface area contributed by atoms with Crippen LogP contribution in [0.1, 0.15) is 128 Å². The molecule has 1 N–H and O–H groups in total. The minimum absolute atomic E-state index is 0. The van der Waals surface area contributed by atoms with Gasteiger partial charge in [-0.2, -0.15) is 0 Å². The number of unbranched alkanes of at least 4 members (excludes halogenated alkanes) is 8. The van der Waals surface area contributed by atoms with Gasteiger partial charge in [0, 0.05) is 6.42 Å². The minimum Gasteiger partial charge on any atom is -0.387 e. The lowest BCUT2D eigenvalue weighted by Gasteiger charge is -2.12. The number of carbonyl (C=O) groups is 1. The molecule has 0 aliphatic rings. The van der Waals surface area contributed by atoms with Crippen LogP contribution in [0.5, 0.6) is 0 Å². The number of aliphatic hydroxyl groups excluding tert-OH is 1. The van der Waals surface area contributed by atoms with Crippen LogP contribution in [-0.4, -0.2) is 30.8 Å². The van der Waals surface area contributed by atoms with E-state index in [2.05, 4.69) is 65.6 Å². The topological polar surface area (TPSA) is 88.9 Å². The molecule has 2 aromatic heterocycles. The first kappa shape index (κ1) is 37.7. The maximum Gasteiger partial charge on any atom is 0.183 e. The SMILES string of the molecule is C.C.CCCCCCCC(=O)c1nc2ccccc2nc1Br.CCCCCCC[C@@H](O)c1nc2ccccc2nc1Br. The second-order valence-electron chi connectivity index (χ2n) is 10.0. The third-order valence-electron chi connectivity index (χ3n) is 6.75. The summed E-state index contributed by atoms with van der Waals surface area (Å²) in [5, 5.41) is 10.3. The maximum absolute atomic E-state index is 12.2. The van der Waals surface area contributed by atoms with Gasteiger partial charge >= 0.3 is 0 Å². The van der Waals surface area contributed by atoms with Crippen LogP contribution in [0.3, 0.4) is 0 Å². The van der Waals surface area contributed by atoms with E-state index in [1.165, 1.54) is 44.9 Å². The number of nitrogens with zero attached hydrogens (tertiary/aromatic N) is 4. The number of para-hydroxylation sites is 4. The van der Waals surface area contributed by atoms with Crippen molar-refractivity contribution in [3.05, 3.63) is 69.1 Å². The summed E-state index contributed by atoms with van der Waals surface area (Å²) in [7, 11) is 0. The number of aromatic nitrogens is 4. The lowest BCUT2D eigenvalue weighted by Crippen LogP contribution is -2.05. The van der Waals surface area contributed by atoms with Gasteiger partial charge in [-0.05, 0) is 69.0 Å². The van der Waals surface area contributed by atoms with Gasteiger partial charge in [-0.1, -0.05) is 111 Å². The van der Waals surface area contributed by atoms with Crippen molar-refractivity contribution in [2.75, 3.05) is 0 Å². The molecule has 0 saturated heterocycles. The fourth-order valence-electron chi connectivity index (χ4n) is 4.45. The highest BCUT2D eigenvalue weighted by Gasteiger charge is 2.16. The van der Waals surface area contributed by atoms with E-state index in [-0.39, 0.29) is 20.6 Å². The number of rotatable bonds is 14. The highest BCUT2D eigenvalue weighted by atomic mass is 79.9. The molecule has 0 radical (unpaired) electrons. The molecule has 0 aliphatic carbocycles. The zero-order valence-corrected chi connectivity index (χ0v) is 26.8. The lowest BCUT2D eigenvalue weighted by molar-refractivity contribution is 0.0973. The molecule has 4 rings (SSSR count). The minimum atomic E-state index is -0.539. The molecule has 0 unspecified atom stereocenters. The Morgan fingerprint density at radius 2 is 1.12 bits per heavy atom. The smallest absolute Gasteiger partial charge is 0.183 e. The number of aliphatic hydroxyl groups is 1. The standard InChI is InChI=1S/C16H21BrN2O.C16H19BrN2O.2CH4/c2*1-2-3-4-5-6-11-14(20)15-16(17)19-13-10-8-7-9-12(13)18-15;;/h7-10,14,20H,2-6,11H2,1H3;7-10H,2-6,11H2,1H3;2*1H4/t14-;;;/m1.../s1. The predicted octanol–water partition coefficient (Wildman–Crippen LogP) is 11.0. The normalized spacial score (nSPS) is 11.3. The molecule has 0 saturated carbocycles. The molecule has 42 heavy (non-hydrogen) atoms. The Balaban J connectivity index is 0.000000401. The summed E-state index contributed by atoms with van der Waals surface area (Å²) in [5.74, 6) is 0.0756. The summed E-state index contributed by atoms with van der Waals surface area (Å²) in [6, 6.07) is 15.3. The number of carbonyl (C=O) groups excluding carboxylic acids is 1. The van der Waals surface area contributed by atoms with Crippen LogP contribution in [0.4, 0.5) is 0 Å². The van der Waals surface area contributed by atoms with E-state index in [0.29, 0.717) is 27.0 Å². The molecular weight excluding hydrogens is 656 g/mol. The van der Waals surface area contributed by atoms with Crippen molar-refractivity contribution in [2.45, 2.75) is 112 Å². The largest absolute Gasteiger partial charge is 0.387 e. The third kappa shape index (κ3) is 11.8. The molecule has 0 fully saturated rings. The molecule has 0 spiro atoms. The summed E-state index contributed by atoms with van der Waals surface area (Å²) >= 11 is 6.78. The second-order valence-corrected chi connectivity index (χ2v) is 11.5. The summed E-state index contributed by atoms with van der Waals surface area (Å²) in [5.41, 5.74) is 4.36. The Labute approximate surface area is 269 Å². The van der Waals surface area contributed by atoms with Gasteiger partial charge in [0.1, 0.15) is 20.6 Å². The fourth-order valence-corrected chi connectivity index (χ4v) is 5.49. The van der Waals surface area contributed by atoms with E-state index in [4.69, 9.17) is 0 Å². The average molecular weight is 705 g/mol. The molecular formula is C34H48Br2N4O2. The number of halogens is 2. The van der Waals surface area contributed by atoms with Gasteiger partial charge in [0.15, 0.2) is 5.78 Å². The van der Waals surface area contributed by atoms with Gasteiger partial charge in [0.05, 0.1) is 28.2 Å². The van der Waals surface area contributed by atoms with Gasteiger partial charge in [0.25, 0.3) is 0 Å². The van der Waals surface area contributed by atoms with E-state index in [9.17, 15) is 9.90 Å². The number of hydrogen-bond donors (Lipinski definition) is 1. The van der Waals surface area contributed by atoms with Crippen molar-refractivity contribution < 1.29 is 9.90 Å². The lowest BCUT2D eigenvalue weighted by atomic mass is 10.1. The second kappa shape index (κ2) is 20.6. The van der Waals surface area contributed by atoms with Gasteiger partial charge < -0.3 is 5.11 Å². The van der Waals surface area contributed by atoms with Crippen LogP contribution >= 0.6 is 31.9 Å². The van der Waals surface area contributed by atoms with Crippen LogP contribution in [0.25, 0.3) is 22.1 Å². The van der Waals surface area contributed by atoms with Crippen LogP contribution < -0.4 is 0 Å². The Kier molecular flexibility index (Phi) is 18.5. The van der Waals surface area contributed by atoms with E-state index in [1.807, 2.05) is 48.5 Å². The molecule has 2 heterocycles. The summed E-state index contributed by atoms with van der Waals surface area (Å²) in [6.07, 6.45) is 12.4. The molecule has 8 heteroatoms. The Bertz CT molecular complexity index is 1370. The van der Waals surface area contributed by atoms with E-state index in [0.717, 1.165) is 47.8 Å². The van der Waals surface area contributed by atoms with Crippen LogP contribution in [0.15, 0.2) is 57.7 Å². The van der Waals surface area contributed by atoms with E-state index in [1.54, 1.807) is 0 Å². The summed E-state index contributed by atoms with van der Waals surface area (Å²) in [6.45, 7) is 4.39. The fraction of sp³-hybridized carbons (Fsp3) is 0.500.